The fourth-order valence-electron chi connectivity index (χ4n) is 4.92. The molecular weight excluding hydrogens is 352 g/mol. The van der Waals surface area contributed by atoms with Gasteiger partial charge in [-0.25, -0.2) is 4.98 Å². The van der Waals surface area contributed by atoms with Crippen molar-refractivity contribution in [3.05, 3.63) is 48.2 Å². The Balaban J connectivity index is 1.38. The van der Waals surface area contributed by atoms with E-state index >= 15 is 0 Å². The first-order valence-corrected chi connectivity index (χ1v) is 10.4. The molecule has 6 nitrogen and oxygen atoms in total. The van der Waals surface area contributed by atoms with Gasteiger partial charge in [0, 0.05) is 43.8 Å². The number of hydrogen-bond donors (Lipinski definition) is 1. The zero-order valence-electron chi connectivity index (χ0n) is 16.2. The molecule has 0 unspecified atom stereocenters. The van der Waals surface area contributed by atoms with Crippen molar-refractivity contribution in [2.24, 2.45) is 5.92 Å². The topological polar surface area (TPSA) is 59.5 Å². The average Bonchev–Trinajstić information content (AvgIpc) is 3.15. The Morgan fingerprint density at radius 2 is 1.89 bits per heavy atom. The van der Waals surface area contributed by atoms with Crippen LogP contribution in [0.2, 0.25) is 0 Å². The van der Waals surface area contributed by atoms with Crippen molar-refractivity contribution in [1.82, 2.24) is 9.97 Å². The van der Waals surface area contributed by atoms with Gasteiger partial charge in [0.05, 0.1) is 19.3 Å². The third kappa shape index (κ3) is 3.59. The molecule has 0 radical (unpaired) electrons. The Morgan fingerprint density at radius 3 is 2.75 bits per heavy atom. The van der Waals surface area contributed by atoms with Crippen molar-refractivity contribution in [3.8, 4) is 0 Å². The molecule has 0 amide bonds. The standard InChI is InChI=1S/C22H28N4O2/c1-2-5-16(6-3-1)18-13-26(20-9-12-28-15-19(18)20)22-23-10-8-21(25-22)24-17-7-4-11-27-14-17/h1-3,5-6,8,10,17-20H,4,7,9,11-15H2,(H,23,24,25)/t17-,18+,19-,20+/m1/s1. The van der Waals surface area contributed by atoms with Gasteiger partial charge in [0.25, 0.3) is 0 Å². The van der Waals surface area contributed by atoms with Gasteiger partial charge in [-0.2, -0.15) is 4.98 Å². The minimum atomic E-state index is 0.336. The lowest BCUT2D eigenvalue weighted by Crippen LogP contribution is -2.39. The first-order chi connectivity index (χ1) is 13.9. The van der Waals surface area contributed by atoms with Gasteiger partial charge in [0.15, 0.2) is 0 Å². The largest absolute Gasteiger partial charge is 0.381 e. The molecular formula is C22H28N4O2. The van der Waals surface area contributed by atoms with Gasteiger partial charge in [-0.05, 0) is 30.9 Å². The number of anilines is 2. The number of ether oxygens (including phenoxy) is 2. The number of hydrogen-bond acceptors (Lipinski definition) is 6. The Morgan fingerprint density at radius 1 is 1.00 bits per heavy atom. The second-order valence-electron chi connectivity index (χ2n) is 8.06. The summed E-state index contributed by atoms with van der Waals surface area (Å²) in [5.74, 6) is 2.67. The van der Waals surface area contributed by atoms with E-state index in [0.717, 1.165) is 64.0 Å². The van der Waals surface area contributed by atoms with E-state index in [4.69, 9.17) is 14.5 Å². The highest BCUT2D eigenvalue weighted by atomic mass is 16.5. The minimum absolute atomic E-state index is 0.336. The quantitative estimate of drug-likeness (QED) is 0.880. The maximum absolute atomic E-state index is 5.85. The predicted molar refractivity (Wildman–Crippen MR) is 109 cm³/mol. The van der Waals surface area contributed by atoms with Crippen LogP contribution in [-0.4, -0.2) is 55.0 Å². The van der Waals surface area contributed by atoms with Crippen LogP contribution in [0.3, 0.4) is 0 Å². The zero-order chi connectivity index (χ0) is 18.8. The summed E-state index contributed by atoms with van der Waals surface area (Å²) in [6, 6.07) is 13.6. The summed E-state index contributed by atoms with van der Waals surface area (Å²) in [7, 11) is 0. The molecule has 1 N–H and O–H groups in total. The number of benzene rings is 1. The molecule has 3 aliphatic rings. The molecule has 0 saturated carbocycles. The molecule has 1 aromatic carbocycles. The number of rotatable bonds is 4. The molecule has 0 spiro atoms. The van der Waals surface area contributed by atoms with Gasteiger partial charge in [-0.1, -0.05) is 30.3 Å². The molecule has 0 bridgehead atoms. The second kappa shape index (κ2) is 8.05. The highest BCUT2D eigenvalue weighted by molar-refractivity contribution is 5.45. The fraction of sp³-hybridized carbons (Fsp3) is 0.545. The molecule has 2 aromatic rings. The summed E-state index contributed by atoms with van der Waals surface area (Å²) in [5.41, 5.74) is 1.39. The van der Waals surface area contributed by atoms with Crippen LogP contribution in [-0.2, 0) is 9.47 Å². The summed E-state index contributed by atoms with van der Waals surface area (Å²) in [6.45, 7) is 4.20. The monoisotopic (exact) mass is 380 g/mol. The lowest BCUT2D eigenvalue weighted by Gasteiger charge is -2.32. The molecule has 3 saturated heterocycles. The predicted octanol–water partition coefficient (Wildman–Crippen LogP) is 3.08. The molecule has 5 rings (SSSR count). The van der Waals surface area contributed by atoms with Crippen LogP contribution in [0.4, 0.5) is 11.8 Å². The molecule has 0 aliphatic carbocycles. The molecule has 3 aliphatic heterocycles. The summed E-state index contributed by atoms with van der Waals surface area (Å²) in [4.78, 5) is 11.9. The lowest BCUT2D eigenvalue weighted by molar-refractivity contribution is 0.0460. The van der Waals surface area contributed by atoms with Gasteiger partial charge in [-0.3, -0.25) is 0 Å². The van der Waals surface area contributed by atoms with Crippen molar-refractivity contribution < 1.29 is 9.47 Å². The van der Waals surface area contributed by atoms with E-state index in [-0.39, 0.29) is 0 Å². The zero-order valence-corrected chi connectivity index (χ0v) is 16.2. The Bertz CT molecular complexity index is 781. The maximum atomic E-state index is 5.85. The number of aromatic nitrogens is 2. The van der Waals surface area contributed by atoms with E-state index in [0.29, 0.717) is 23.9 Å². The summed E-state index contributed by atoms with van der Waals surface area (Å²) >= 11 is 0. The number of fused-ring (bicyclic) bond motifs is 1. The van der Waals surface area contributed by atoms with Crippen molar-refractivity contribution in [2.45, 2.75) is 37.3 Å². The van der Waals surface area contributed by atoms with Crippen molar-refractivity contribution in [3.63, 3.8) is 0 Å². The van der Waals surface area contributed by atoms with Gasteiger partial charge >= 0.3 is 0 Å². The summed E-state index contributed by atoms with van der Waals surface area (Å²) < 4.78 is 11.4. The normalized spacial score (nSPS) is 30.1. The summed E-state index contributed by atoms with van der Waals surface area (Å²) in [5, 5.41) is 3.53. The lowest BCUT2D eigenvalue weighted by atomic mass is 9.84. The molecule has 148 valence electrons. The van der Waals surface area contributed by atoms with Crippen LogP contribution >= 0.6 is 0 Å². The van der Waals surface area contributed by atoms with Crippen molar-refractivity contribution >= 4 is 11.8 Å². The van der Waals surface area contributed by atoms with Crippen molar-refractivity contribution in [2.75, 3.05) is 43.2 Å². The van der Waals surface area contributed by atoms with Gasteiger partial charge in [-0.15, -0.1) is 0 Å². The van der Waals surface area contributed by atoms with Gasteiger partial charge in [0.1, 0.15) is 5.82 Å². The first kappa shape index (κ1) is 17.9. The molecule has 6 heteroatoms. The van der Waals surface area contributed by atoms with E-state index in [1.165, 1.54) is 5.56 Å². The van der Waals surface area contributed by atoms with Crippen LogP contribution in [0.1, 0.15) is 30.7 Å². The molecule has 1 aromatic heterocycles. The van der Waals surface area contributed by atoms with E-state index in [9.17, 15) is 0 Å². The number of nitrogens with one attached hydrogen (secondary N) is 1. The molecule has 28 heavy (non-hydrogen) atoms. The molecule has 4 heterocycles. The maximum Gasteiger partial charge on any atom is 0.227 e. The summed E-state index contributed by atoms with van der Waals surface area (Å²) in [6.07, 6.45) is 5.13. The highest BCUT2D eigenvalue weighted by Gasteiger charge is 2.45. The second-order valence-corrected chi connectivity index (χ2v) is 8.06. The average molecular weight is 380 g/mol. The third-order valence-electron chi connectivity index (χ3n) is 6.31. The van der Waals surface area contributed by atoms with Crippen LogP contribution < -0.4 is 10.2 Å². The SMILES string of the molecule is c1ccc([C@@H]2CN(c3nccc(N[C@@H]4CCCOC4)n3)[C@H]3CCOC[C@H]23)cc1. The Labute approximate surface area is 166 Å². The first-order valence-electron chi connectivity index (χ1n) is 10.4. The Hall–Kier alpha value is -2.18. The third-order valence-corrected chi connectivity index (χ3v) is 6.31. The smallest absolute Gasteiger partial charge is 0.227 e. The van der Waals surface area contributed by atoms with E-state index < -0.39 is 0 Å². The van der Waals surface area contributed by atoms with Gasteiger partial charge < -0.3 is 19.7 Å². The van der Waals surface area contributed by atoms with Crippen LogP contribution in [0.5, 0.6) is 0 Å². The van der Waals surface area contributed by atoms with Crippen molar-refractivity contribution in [1.29, 1.82) is 0 Å². The van der Waals surface area contributed by atoms with Crippen LogP contribution in [0, 0.1) is 5.92 Å². The minimum Gasteiger partial charge on any atom is -0.381 e. The van der Waals surface area contributed by atoms with Crippen LogP contribution in [0.15, 0.2) is 42.6 Å². The van der Waals surface area contributed by atoms with E-state index in [1.54, 1.807) is 0 Å². The molecule has 4 atom stereocenters. The van der Waals surface area contributed by atoms with E-state index in [1.807, 2.05) is 12.3 Å². The fourth-order valence-corrected chi connectivity index (χ4v) is 4.92. The Kier molecular flexibility index (Phi) is 5.14. The highest BCUT2D eigenvalue weighted by Crippen LogP contribution is 2.42. The van der Waals surface area contributed by atoms with Gasteiger partial charge in [0.2, 0.25) is 5.95 Å². The van der Waals surface area contributed by atoms with Crippen LogP contribution in [0.25, 0.3) is 0 Å². The number of nitrogens with zero attached hydrogens (tertiary/aromatic N) is 3. The van der Waals surface area contributed by atoms with E-state index in [2.05, 4.69) is 45.5 Å². The molecule has 3 fully saturated rings.